The van der Waals surface area contributed by atoms with Gasteiger partial charge in [0.1, 0.15) is 5.75 Å². The van der Waals surface area contributed by atoms with Crippen LogP contribution in [0.5, 0.6) is 5.75 Å². The maximum Gasteiger partial charge on any atom is 0.262 e. The molecule has 2 aromatic rings. The second-order valence-electron chi connectivity index (χ2n) is 6.40. The fourth-order valence-corrected chi connectivity index (χ4v) is 4.21. The largest absolute Gasteiger partial charge is 0.495 e. The molecule has 1 fully saturated rings. The Labute approximate surface area is 164 Å². The normalized spacial score (nSPS) is 14.9. The van der Waals surface area contributed by atoms with E-state index in [2.05, 4.69) is 4.72 Å². The molecule has 3 rings (SSSR count). The average molecular weight is 409 g/mol. The van der Waals surface area contributed by atoms with E-state index in [0.29, 0.717) is 35.1 Å². The number of sulfonamides is 1. The zero-order valence-electron chi connectivity index (χ0n) is 15.2. The molecule has 1 heterocycles. The molecule has 0 atom stereocenters. The lowest BCUT2D eigenvalue weighted by Gasteiger charge is -2.26. The van der Waals surface area contributed by atoms with E-state index in [-0.39, 0.29) is 10.8 Å². The highest BCUT2D eigenvalue weighted by Gasteiger charge is 2.21. The van der Waals surface area contributed by atoms with Crippen LogP contribution in [0.4, 0.5) is 11.4 Å². The molecule has 0 bridgehead atoms. The Hall–Kier alpha value is -2.25. The molecular formula is C19H21ClN2O4S. The van der Waals surface area contributed by atoms with Crippen LogP contribution in [0.3, 0.4) is 0 Å². The van der Waals surface area contributed by atoms with E-state index in [0.717, 1.165) is 18.4 Å². The van der Waals surface area contributed by atoms with Gasteiger partial charge >= 0.3 is 0 Å². The number of nitrogens with zero attached hydrogens (tertiary/aromatic N) is 1. The fraction of sp³-hybridized carbons (Fsp3) is 0.316. The van der Waals surface area contributed by atoms with Crippen molar-refractivity contribution in [3.8, 4) is 5.75 Å². The molecule has 0 saturated carbocycles. The van der Waals surface area contributed by atoms with Crippen LogP contribution in [0, 0.1) is 6.92 Å². The van der Waals surface area contributed by atoms with Crippen molar-refractivity contribution in [2.24, 2.45) is 0 Å². The smallest absolute Gasteiger partial charge is 0.262 e. The highest BCUT2D eigenvalue weighted by Crippen LogP contribution is 2.33. The molecule has 144 valence electrons. The Morgan fingerprint density at radius 1 is 1.15 bits per heavy atom. The molecule has 0 unspecified atom stereocenters. The minimum Gasteiger partial charge on any atom is -0.495 e. The Morgan fingerprint density at radius 2 is 1.85 bits per heavy atom. The number of hydrogen-bond donors (Lipinski definition) is 1. The summed E-state index contributed by atoms with van der Waals surface area (Å²) < 4.78 is 33.2. The molecule has 2 aromatic carbocycles. The number of aryl methyl sites for hydroxylation is 1. The lowest BCUT2D eigenvalue weighted by Crippen LogP contribution is -2.35. The summed E-state index contributed by atoms with van der Waals surface area (Å²) in [6.45, 7) is 2.44. The predicted molar refractivity (Wildman–Crippen MR) is 106 cm³/mol. The lowest BCUT2D eigenvalue weighted by atomic mass is 10.1. The number of carbonyl (C=O) groups is 1. The molecule has 0 spiro atoms. The highest BCUT2D eigenvalue weighted by atomic mass is 35.5. The predicted octanol–water partition coefficient (Wildman–Crippen LogP) is 3.97. The first-order chi connectivity index (χ1) is 12.8. The summed E-state index contributed by atoms with van der Waals surface area (Å²) in [4.78, 5) is 13.8. The molecule has 1 saturated heterocycles. The van der Waals surface area contributed by atoms with Crippen LogP contribution in [0.2, 0.25) is 5.02 Å². The summed E-state index contributed by atoms with van der Waals surface area (Å²) in [5.74, 6) is 0.404. The van der Waals surface area contributed by atoms with Gasteiger partial charge < -0.3 is 9.64 Å². The van der Waals surface area contributed by atoms with E-state index in [1.54, 1.807) is 36.1 Å². The zero-order chi connectivity index (χ0) is 19.6. The molecule has 1 aliphatic rings. The summed E-state index contributed by atoms with van der Waals surface area (Å²) in [6, 6.07) is 9.49. The first-order valence-corrected chi connectivity index (χ1v) is 10.5. The van der Waals surface area contributed by atoms with Gasteiger partial charge in [0.2, 0.25) is 5.91 Å². The Morgan fingerprint density at radius 3 is 2.48 bits per heavy atom. The third-order valence-electron chi connectivity index (χ3n) is 4.51. The van der Waals surface area contributed by atoms with Gasteiger partial charge in [0.15, 0.2) is 0 Å². The van der Waals surface area contributed by atoms with Gasteiger partial charge in [0, 0.05) is 29.7 Å². The average Bonchev–Trinajstić information content (AvgIpc) is 2.65. The molecule has 27 heavy (non-hydrogen) atoms. The van der Waals surface area contributed by atoms with Crippen molar-refractivity contribution in [2.45, 2.75) is 31.1 Å². The maximum absolute atomic E-state index is 12.7. The first-order valence-electron chi connectivity index (χ1n) is 8.59. The van der Waals surface area contributed by atoms with Crippen LogP contribution in [0.1, 0.15) is 24.8 Å². The van der Waals surface area contributed by atoms with Gasteiger partial charge in [0.25, 0.3) is 10.0 Å². The molecule has 0 aliphatic carbocycles. The SMILES string of the molecule is COc1cc(Cl)c(C)cc1NS(=O)(=O)c1ccc(N2CCCCC2=O)cc1. The molecule has 8 heteroatoms. The minimum absolute atomic E-state index is 0.0661. The number of carbonyl (C=O) groups excluding carboxylic acids is 1. The van der Waals surface area contributed by atoms with Gasteiger partial charge in [-0.1, -0.05) is 11.6 Å². The van der Waals surface area contributed by atoms with Crippen LogP contribution in [-0.4, -0.2) is 28.0 Å². The fourth-order valence-electron chi connectivity index (χ4n) is 3.00. The number of piperidine rings is 1. The van der Waals surface area contributed by atoms with E-state index < -0.39 is 10.0 Å². The molecule has 0 aromatic heterocycles. The highest BCUT2D eigenvalue weighted by molar-refractivity contribution is 7.92. The summed E-state index contributed by atoms with van der Waals surface area (Å²) in [6.07, 6.45) is 2.37. The molecular weight excluding hydrogens is 388 g/mol. The summed E-state index contributed by atoms with van der Waals surface area (Å²) in [5.41, 5.74) is 1.75. The third-order valence-corrected chi connectivity index (χ3v) is 6.30. The summed E-state index contributed by atoms with van der Waals surface area (Å²) in [7, 11) is -2.37. The third kappa shape index (κ3) is 4.20. The number of halogens is 1. The maximum atomic E-state index is 12.7. The number of anilines is 2. The van der Waals surface area contributed by atoms with Crippen LogP contribution in [0.15, 0.2) is 41.3 Å². The monoisotopic (exact) mass is 408 g/mol. The number of ether oxygens (including phenoxy) is 1. The second kappa shape index (κ2) is 7.78. The van der Waals surface area contributed by atoms with E-state index in [1.165, 1.54) is 19.2 Å². The van der Waals surface area contributed by atoms with Crippen molar-refractivity contribution in [1.82, 2.24) is 0 Å². The minimum atomic E-state index is -3.81. The number of benzene rings is 2. The summed E-state index contributed by atoms with van der Waals surface area (Å²) in [5, 5.41) is 0.491. The molecule has 1 N–H and O–H groups in total. The Balaban J connectivity index is 1.85. The van der Waals surface area contributed by atoms with Gasteiger partial charge in [-0.15, -0.1) is 0 Å². The molecule has 6 nitrogen and oxygen atoms in total. The molecule has 1 amide bonds. The first kappa shape index (κ1) is 19.5. The number of hydrogen-bond acceptors (Lipinski definition) is 4. The zero-order valence-corrected chi connectivity index (χ0v) is 16.7. The van der Waals surface area contributed by atoms with Gasteiger partial charge in [-0.2, -0.15) is 0 Å². The van der Waals surface area contributed by atoms with Gasteiger partial charge in [0.05, 0.1) is 17.7 Å². The van der Waals surface area contributed by atoms with Crippen molar-refractivity contribution in [1.29, 1.82) is 0 Å². The number of rotatable bonds is 5. The second-order valence-corrected chi connectivity index (χ2v) is 8.49. The summed E-state index contributed by atoms with van der Waals surface area (Å²) >= 11 is 6.07. The van der Waals surface area contributed by atoms with Crippen molar-refractivity contribution < 1.29 is 17.9 Å². The van der Waals surface area contributed by atoms with E-state index in [9.17, 15) is 13.2 Å². The van der Waals surface area contributed by atoms with Crippen molar-refractivity contribution in [3.05, 3.63) is 47.0 Å². The van der Waals surface area contributed by atoms with Crippen LogP contribution >= 0.6 is 11.6 Å². The van der Waals surface area contributed by atoms with E-state index in [1.807, 2.05) is 0 Å². The van der Waals surface area contributed by atoms with Gasteiger partial charge in [-0.3, -0.25) is 9.52 Å². The van der Waals surface area contributed by atoms with Crippen LogP contribution in [0.25, 0.3) is 0 Å². The topological polar surface area (TPSA) is 75.7 Å². The number of nitrogens with one attached hydrogen (secondary N) is 1. The quantitative estimate of drug-likeness (QED) is 0.812. The van der Waals surface area contributed by atoms with Crippen LogP contribution < -0.4 is 14.4 Å². The molecule has 1 aliphatic heterocycles. The molecule has 0 radical (unpaired) electrons. The van der Waals surface area contributed by atoms with E-state index in [4.69, 9.17) is 16.3 Å². The van der Waals surface area contributed by atoms with Crippen molar-refractivity contribution in [2.75, 3.05) is 23.3 Å². The number of methoxy groups -OCH3 is 1. The number of amides is 1. The Kier molecular flexibility index (Phi) is 5.62. The van der Waals surface area contributed by atoms with E-state index >= 15 is 0 Å². The Bertz CT molecular complexity index is 958. The lowest BCUT2D eigenvalue weighted by molar-refractivity contribution is -0.119. The van der Waals surface area contributed by atoms with Gasteiger partial charge in [-0.05, 0) is 55.7 Å². The van der Waals surface area contributed by atoms with Crippen molar-refractivity contribution in [3.63, 3.8) is 0 Å². The van der Waals surface area contributed by atoms with Gasteiger partial charge in [-0.25, -0.2) is 8.42 Å². The van der Waals surface area contributed by atoms with Crippen LogP contribution in [-0.2, 0) is 14.8 Å². The van der Waals surface area contributed by atoms with Crippen molar-refractivity contribution >= 4 is 38.9 Å². The standard InChI is InChI=1S/C19H21ClN2O4S/c1-13-11-17(18(26-2)12-16(13)20)21-27(24,25)15-8-6-14(7-9-15)22-10-4-3-5-19(22)23/h6-9,11-12,21H,3-5,10H2,1-2H3.